The number of carbonyl (C=O) groups is 1. The highest BCUT2D eigenvalue weighted by molar-refractivity contribution is 5.87. The molecule has 1 saturated heterocycles. The topological polar surface area (TPSA) is 47.4 Å². The third-order valence-electron chi connectivity index (χ3n) is 5.80. The molecule has 5 nitrogen and oxygen atoms in total. The predicted molar refractivity (Wildman–Crippen MR) is 121 cm³/mol. The molecule has 156 valence electrons. The van der Waals surface area contributed by atoms with Crippen LogP contribution >= 0.6 is 0 Å². The van der Waals surface area contributed by atoms with Crippen LogP contribution in [-0.2, 0) is 16.0 Å². The lowest BCUT2D eigenvalue weighted by atomic mass is 10.0. The Kier molecular flexibility index (Phi) is 5.50. The normalized spacial score (nSPS) is 15.2. The van der Waals surface area contributed by atoms with Crippen molar-refractivity contribution in [3.63, 3.8) is 0 Å². The summed E-state index contributed by atoms with van der Waals surface area (Å²) in [7, 11) is 0. The largest absolute Gasteiger partial charge is 0.378 e. The first-order valence-corrected chi connectivity index (χ1v) is 10.7. The molecule has 5 heteroatoms. The molecule has 0 saturated carbocycles. The van der Waals surface area contributed by atoms with Crippen molar-refractivity contribution in [1.29, 1.82) is 0 Å². The fraction of sp³-hybridized carbons (Fsp3) is 0.231. The molecule has 1 fully saturated rings. The van der Waals surface area contributed by atoms with Gasteiger partial charge in [0.05, 0.1) is 24.2 Å². The molecule has 1 aliphatic rings. The Hall–Kier alpha value is -3.44. The number of fused-ring (bicyclic) bond motifs is 1. The van der Waals surface area contributed by atoms with Crippen LogP contribution < -0.4 is 0 Å². The van der Waals surface area contributed by atoms with E-state index in [1.807, 2.05) is 71.6 Å². The summed E-state index contributed by atoms with van der Waals surface area (Å²) < 4.78 is 7.62. The summed E-state index contributed by atoms with van der Waals surface area (Å²) in [5.41, 5.74) is 4.02. The number of morpholine rings is 1. The van der Waals surface area contributed by atoms with Gasteiger partial charge < -0.3 is 14.2 Å². The van der Waals surface area contributed by atoms with Gasteiger partial charge in [-0.2, -0.15) is 0 Å². The Morgan fingerprint density at radius 3 is 2.26 bits per heavy atom. The molecule has 1 atom stereocenters. The third kappa shape index (κ3) is 3.97. The van der Waals surface area contributed by atoms with Crippen molar-refractivity contribution in [3.05, 3.63) is 102 Å². The number of rotatable bonds is 5. The van der Waals surface area contributed by atoms with E-state index in [4.69, 9.17) is 9.72 Å². The van der Waals surface area contributed by atoms with Crippen molar-refractivity contribution in [2.75, 3.05) is 26.3 Å². The minimum absolute atomic E-state index is 0.0898. The number of ether oxygens (including phenoxy) is 1. The van der Waals surface area contributed by atoms with Crippen LogP contribution in [0.5, 0.6) is 0 Å². The summed E-state index contributed by atoms with van der Waals surface area (Å²) in [4.78, 5) is 20.7. The number of hydrogen-bond donors (Lipinski definition) is 0. The zero-order valence-corrected chi connectivity index (χ0v) is 17.4. The van der Waals surface area contributed by atoms with Crippen molar-refractivity contribution in [3.8, 4) is 0 Å². The van der Waals surface area contributed by atoms with Gasteiger partial charge in [-0.3, -0.25) is 4.79 Å². The van der Waals surface area contributed by atoms with Crippen molar-refractivity contribution in [2.24, 2.45) is 0 Å². The standard InChI is InChI=1S/C26H25N3O2/c30-26(28-15-17-31-18-16-28)25(21-11-5-2-6-12-21)29-23-14-8-7-13-22(23)27-24(29)19-20-9-3-1-4-10-20/h1-14,25H,15-19H2. The maximum absolute atomic E-state index is 13.9. The van der Waals surface area contributed by atoms with Gasteiger partial charge in [-0.05, 0) is 23.3 Å². The number of para-hydroxylation sites is 2. The number of hydrogen-bond acceptors (Lipinski definition) is 3. The number of amides is 1. The Bertz CT molecular complexity index is 1170. The van der Waals surface area contributed by atoms with E-state index in [9.17, 15) is 4.79 Å². The lowest BCUT2D eigenvalue weighted by molar-refractivity contribution is -0.137. The van der Waals surface area contributed by atoms with Crippen molar-refractivity contribution < 1.29 is 9.53 Å². The maximum Gasteiger partial charge on any atom is 0.250 e. The Morgan fingerprint density at radius 1 is 0.871 bits per heavy atom. The molecule has 1 unspecified atom stereocenters. The first-order chi connectivity index (χ1) is 15.3. The molecule has 0 radical (unpaired) electrons. The molecule has 0 spiro atoms. The molecular formula is C26H25N3O2. The lowest BCUT2D eigenvalue weighted by Crippen LogP contribution is -2.44. The number of aromatic nitrogens is 2. The van der Waals surface area contributed by atoms with Gasteiger partial charge in [0.25, 0.3) is 5.91 Å². The molecule has 2 heterocycles. The molecule has 5 rings (SSSR count). The quantitative estimate of drug-likeness (QED) is 0.497. The maximum atomic E-state index is 13.9. The van der Waals surface area contributed by atoms with Crippen LogP contribution in [0.1, 0.15) is 23.0 Å². The minimum atomic E-state index is -0.467. The van der Waals surface area contributed by atoms with E-state index in [1.54, 1.807) is 0 Å². The molecule has 0 bridgehead atoms. The van der Waals surface area contributed by atoms with Crippen molar-refractivity contribution in [2.45, 2.75) is 12.5 Å². The Morgan fingerprint density at radius 2 is 1.52 bits per heavy atom. The van der Waals surface area contributed by atoms with Crippen LogP contribution in [0.15, 0.2) is 84.9 Å². The Labute approximate surface area is 181 Å². The van der Waals surface area contributed by atoms with Gasteiger partial charge in [-0.15, -0.1) is 0 Å². The highest BCUT2D eigenvalue weighted by atomic mass is 16.5. The summed E-state index contributed by atoms with van der Waals surface area (Å²) >= 11 is 0. The molecular weight excluding hydrogens is 386 g/mol. The van der Waals surface area contributed by atoms with Gasteiger partial charge in [0.2, 0.25) is 0 Å². The molecule has 1 amide bonds. The number of benzene rings is 3. The summed E-state index contributed by atoms with van der Waals surface area (Å²) in [6.45, 7) is 2.38. The average molecular weight is 412 g/mol. The van der Waals surface area contributed by atoms with Crippen LogP contribution in [0, 0.1) is 0 Å². The molecule has 0 N–H and O–H groups in total. The zero-order valence-electron chi connectivity index (χ0n) is 17.4. The van der Waals surface area contributed by atoms with Crippen molar-refractivity contribution in [1.82, 2.24) is 14.5 Å². The second-order valence-corrected chi connectivity index (χ2v) is 7.80. The summed E-state index contributed by atoms with van der Waals surface area (Å²) in [5, 5.41) is 0. The van der Waals surface area contributed by atoms with E-state index in [1.165, 1.54) is 5.56 Å². The second kappa shape index (κ2) is 8.74. The predicted octanol–water partition coefficient (Wildman–Crippen LogP) is 4.08. The van der Waals surface area contributed by atoms with Gasteiger partial charge in [0.15, 0.2) is 0 Å². The SMILES string of the molecule is O=C(C(c1ccccc1)n1c(Cc2ccccc2)nc2ccccc21)N1CCOCC1. The van der Waals surface area contributed by atoms with E-state index in [2.05, 4.69) is 22.8 Å². The lowest BCUT2D eigenvalue weighted by Gasteiger charge is -2.32. The number of carbonyl (C=O) groups excluding carboxylic acids is 1. The van der Waals surface area contributed by atoms with Crippen LogP contribution in [0.2, 0.25) is 0 Å². The average Bonchev–Trinajstić information content (AvgIpc) is 3.19. The van der Waals surface area contributed by atoms with Crippen LogP contribution in [0.4, 0.5) is 0 Å². The fourth-order valence-corrected chi connectivity index (χ4v) is 4.28. The monoisotopic (exact) mass is 411 g/mol. The van der Waals surface area contributed by atoms with E-state index in [0.29, 0.717) is 32.7 Å². The first-order valence-electron chi connectivity index (χ1n) is 10.7. The minimum Gasteiger partial charge on any atom is -0.378 e. The molecule has 1 aliphatic heterocycles. The molecule has 0 aliphatic carbocycles. The van der Waals surface area contributed by atoms with Crippen LogP contribution in [0.25, 0.3) is 11.0 Å². The molecule has 1 aromatic heterocycles. The van der Waals surface area contributed by atoms with Crippen molar-refractivity contribution >= 4 is 16.9 Å². The first kappa shape index (κ1) is 19.5. The highest BCUT2D eigenvalue weighted by Crippen LogP contribution is 2.29. The summed E-state index contributed by atoms with van der Waals surface area (Å²) in [6, 6.07) is 27.9. The zero-order chi connectivity index (χ0) is 21.0. The van der Waals surface area contributed by atoms with E-state index in [0.717, 1.165) is 22.4 Å². The smallest absolute Gasteiger partial charge is 0.250 e. The summed E-state index contributed by atoms with van der Waals surface area (Å²) in [5.74, 6) is 0.981. The molecule has 4 aromatic rings. The van der Waals surface area contributed by atoms with Gasteiger partial charge in [0, 0.05) is 19.5 Å². The molecule has 3 aromatic carbocycles. The van der Waals surface area contributed by atoms with Crippen LogP contribution in [-0.4, -0.2) is 46.7 Å². The highest BCUT2D eigenvalue weighted by Gasteiger charge is 2.31. The van der Waals surface area contributed by atoms with E-state index in [-0.39, 0.29) is 5.91 Å². The van der Waals surface area contributed by atoms with Gasteiger partial charge in [0.1, 0.15) is 11.9 Å². The van der Waals surface area contributed by atoms with Gasteiger partial charge >= 0.3 is 0 Å². The summed E-state index contributed by atoms with van der Waals surface area (Å²) in [6.07, 6.45) is 0.662. The Balaban J connectivity index is 1.67. The number of nitrogens with zero attached hydrogens (tertiary/aromatic N) is 3. The fourth-order valence-electron chi connectivity index (χ4n) is 4.28. The van der Waals surface area contributed by atoms with E-state index < -0.39 is 6.04 Å². The van der Waals surface area contributed by atoms with Gasteiger partial charge in [-0.25, -0.2) is 4.98 Å². The third-order valence-corrected chi connectivity index (χ3v) is 5.80. The molecule has 31 heavy (non-hydrogen) atoms. The number of imidazole rings is 1. The second-order valence-electron chi connectivity index (χ2n) is 7.80. The van der Waals surface area contributed by atoms with E-state index >= 15 is 0 Å². The van der Waals surface area contributed by atoms with Crippen LogP contribution in [0.3, 0.4) is 0 Å². The van der Waals surface area contributed by atoms with Gasteiger partial charge in [-0.1, -0.05) is 72.8 Å².